The highest BCUT2D eigenvalue weighted by Crippen LogP contribution is 2.34. The molecule has 0 aliphatic heterocycles. The van der Waals surface area contributed by atoms with Crippen molar-refractivity contribution in [2.45, 2.75) is 18.4 Å². The number of hydrogen-bond donors (Lipinski definition) is 2. The number of anilines is 1. The third-order valence-electron chi connectivity index (χ3n) is 3.84. The second-order valence-electron chi connectivity index (χ2n) is 5.21. The van der Waals surface area contributed by atoms with Crippen molar-refractivity contribution in [1.82, 2.24) is 0 Å². The van der Waals surface area contributed by atoms with Crippen molar-refractivity contribution >= 4 is 17.3 Å². The number of nitrogens with one attached hydrogen (secondary N) is 1. The van der Waals surface area contributed by atoms with Crippen LogP contribution < -0.4 is 11.1 Å². The molecule has 0 amide bonds. The SMILES string of the molecule is NCC1(Nc2ccccc2Cl)Cc2ccccc2C1. The van der Waals surface area contributed by atoms with Gasteiger partial charge >= 0.3 is 0 Å². The maximum Gasteiger partial charge on any atom is 0.0637 e. The van der Waals surface area contributed by atoms with Crippen LogP contribution in [0.15, 0.2) is 48.5 Å². The first-order valence-electron chi connectivity index (χ1n) is 6.52. The number of hydrogen-bond acceptors (Lipinski definition) is 2. The number of para-hydroxylation sites is 1. The standard InChI is InChI=1S/C16H17ClN2/c17-14-7-3-4-8-15(14)19-16(11-18)9-12-5-1-2-6-13(12)10-16/h1-8,19H,9-11,18H2. The minimum atomic E-state index is -0.116. The number of halogens is 1. The average Bonchev–Trinajstić information content (AvgIpc) is 2.80. The second-order valence-corrected chi connectivity index (χ2v) is 5.62. The fraction of sp³-hybridized carbons (Fsp3) is 0.250. The van der Waals surface area contributed by atoms with Crippen LogP contribution in [0.4, 0.5) is 5.69 Å². The normalized spacial score (nSPS) is 16.1. The lowest BCUT2D eigenvalue weighted by Crippen LogP contribution is -2.46. The van der Waals surface area contributed by atoms with Crippen LogP contribution in [0, 0.1) is 0 Å². The van der Waals surface area contributed by atoms with Crippen molar-refractivity contribution in [2.24, 2.45) is 5.73 Å². The van der Waals surface area contributed by atoms with Crippen LogP contribution in [0.3, 0.4) is 0 Å². The summed E-state index contributed by atoms with van der Waals surface area (Å²) in [5, 5.41) is 4.30. The Morgan fingerprint density at radius 3 is 2.16 bits per heavy atom. The van der Waals surface area contributed by atoms with Crippen molar-refractivity contribution in [2.75, 3.05) is 11.9 Å². The molecule has 3 N–H and O–H groups in total. The molecule has 98 valence electrons. The number of nitrogens with two attached hydrogens (primary N) is 1. The Labute approximate surface area is 118 Å². The van der Waals surface area contributed by atoms with Crippen LogP contribution in [0.1, 0.15) is 11.1 Å². The Hall–Kier alpha value is -1.51. The minimum Gasteiger partial charge on any atom is -0.376 e. The maximum absolute atomic E-state index is 6.23. The van der Waals surface area contributed by atoms with E-state index in [2.05, 4.69) is 29.6 Å². The molecule has 0 atom stereocenters. The van der Waals surface area contributed by atoms with E-state index in [1.807, 2.05) is 24.3 Å². The zero-order valence-corrected chi connectivity index (χ0v) is 11.5. The summed E-state index contributed by atoms with van der Waals surface area (Å²) in [6.45, 7) is 0.590. The number of fused-ring (bicyclic) bond motifs is 1. The summed E-state index contributed by atoms with van der Waals surface area (Å²) in [6, 6.07) is 16.4. The fourth-order valence-electron chi connectivity index (χ4n) is 2.83. The van der Waals surface area contributed by atoms with E-state index >= 15 is 0 Å². The predicted molar refractivity (Wildman–Crippen MR) is 80.7 cm³/mol. The fourth-order valence-corrected chi connectivity index (χ4v) is 3.01. The van der Waals surface area contributed by atoms with Crippen LogP contribution in [-0.2, 0) is 12.8 Å². The van der Waals surface area contributed by atoms with Gasteiger partial charge < -0.3 is 11.1 Å². The summed E-state index contributed by atoms with van der Waals surface area (Å²) >= 11 is 6.23. The van der Waals surface area contributed by atoms with Crippen molar-refractivity contribution in [3.8, 4) is 0 Å². The molecule has 0 bridgehead atoms. The van der Waals surface area contributed by atoms with Gasteiger partial charge in [-0.3, -0.25) is 0 Å². The Bertz CT molecular complexity index is 570. The van der Waals surface area contributed by atoms with E-state index in [1.165, 1.54) is 11.1 Å². The summed E-state index contributed by atoms with van der Waals surface area (Å²) < 4.78 is 0. The second kappa shape index (κ2) is 4.87. The molecular formula is C16H17ClN2. The van der Waals surface area contributed by atoms with Gasteiger partial charge in [0, 0.05) is 6.54 Å². The Balaban J connectivity index is 1.89. The van der Waals surface area contributed by atoms with Crippen LogP contribution in [0.25, 0.3) is 0 Å². The molecule has 1 aliphatic rings. The topological polar surface area (TPSA) is 38.0 Å². The van der Waals surface area contributed by atoms with E-state index in [-0.39, 0.29) is 5.54 Å². The van der Waals surface area contributed by atoms with Gasteiger partial charge in [0.05, 0.1) is 16.2 Å². The van der Waals surface area contributed by atoms with Crippen molar-refractivity contribution < 1.29 is 0 Å². The van der Waals surface area contributed by atoms with Crippen molar-refractivity contribution in [1.29, 1.82) is 0 Å². The average molecular weight is 273 g/mol. The summed E-state index contributed by atoms with van der Waals surface area (Å²) in [6.07, 6.45) is 1.90. The molecule has 19 heavy (non-hydrogen) atoms. The van der Waals surface area contributed by atoms with Crippen LogP contribution in [-0.4, -0.2) is 12.1 Å². The molecule has 3 heteroatoms. The molecule has 0 spiro atoms. The van der Waals surface area contributed by atoms with E-state index in [4.69, 9.17) is 17.3 Å². The van der Waals surface area contributed by atoms with Gasteiger partial charge in [0.15, 0.2) is 0 Å². The molecule has 0 heterocycles. The number of rotatable bonds is 3. The molecule has 0 unspecified atom stereocenters. The van der Waals surface area contributed by atoms with Crippen molar-refractivity contribution in [3.05, 3.63) is 64.7 Å². The van der Waals surface area contributed by atoms with Gasteiger partial charge in [-0.1, -0.05) is 48.0 Å². The first kappa shape index (κ1) is 12.5. The molecule has 2 aromatic carbocycles. The molecule has 0 saturated heterocycles. The van der Waals surface area contributed by atoms with Gasteiger partial charge in [0.25, 0.3) is 0 Å². The van der Waals surface area contributed by atoms with Gasteiger partial charge in [-0.25, -0.2) is 0 Å². The van der Waals surface area contributed by atoms with Crippen LogP contribution >= 0.6 is 11.6 Å². The Morgan fingerprint density at radius 2 is 1.58 bits per heavy atom. The summed E-state index contributed by atoms with van der Waals surface area (Å²) in [5.41, 5.74) is 9.65. The minimum absolute atomic E-state index is 0.116. The molecule has 1 aliphatic carbocycles. The molecule has 3 rings (SSSR count). The highest BCUT2D eigenvalue weighted by atomic mass is 35.5. The first-order valence-corrected chi connectivity index (χ1v) is 6.90. The predicted octanol–water partition coefficient (Wildman–Crippen LogP) is 3.25. The first-order chi connectivity index (χ1) is 9.22. The summed E-state index contributed by atoms with van der Waals surface area (Å²) in [5.74, 6) is 0. The highest BCUT2D eigenvalue weighted by molar-refractivity contribution is 6.33. The van der Waals surface area contributed by atoms with E-state index < -0.39 is 0 Å². The quantitative estimate of drug-likeness (QED) is 0.900. The zero-order chi connectivity index (χ0) is 13.3. The van der Waals surface area contributed by atoms with E-state index in [0.717, 1.165) is 23.6 Å². The smallest absolute Gasteiger partial charge is 0.0637 e. The maximum atomic E-state index is 6.23. The molecule has 2 nitrogen and oxygen atoms in total. The van der Waals surface area contributed by atoms with E-state index in [1.54, 1.807) is 0 Å². The zero-order valence-electron chi connectivity index (χ0n) is 10.7. The monoisotopic (exact) mass is 272 g/mol. The lowest BCUT2D eigenvalue weighted by Gasteiger charge is -2.30. The van der Waals surface area contributed by atoms with Gasteiger partial charge in [-0.15, -0.1) is 0 Å². The molecule has 0 aromatic heterocycles. The molecule has 2 aromatic rings. The van der Waals surface area contributed by atoms with Crippen molar-refractivity contribution in [3.63, 3.8) is 0 Å². The van der Waals surface area contributed by atoms with Crippen LogP contribution in [0.2, 0.25) is 5.02 Å². The number of benzene rings is 2. The molecule has 0 radical (unpaired) electrons. The molecule has 0 fully saturated rings. The van der Waals surface area contributed by atoms with Crippen LogP contribution in [0.5, 0.6) is 0 Å². The van der Waals surface area contributed by atoms with Gasteiger partial charge in [0.1, 0.15) is 0 Å². The van der Waals surface area contributed by atoms with Gasteiger partial charge in [-0.2, -0.15) is 0 Å². The summed E-state index contributed by atoms with van der Waals surface area (Å²) in [7, 11) is 0. The van der Waals surface area contributed by atoms with Gasteiger partial charge in [0.2, 0.25) is 0 Å². The Kier molecular flexibility index (Phi) is 3.21. The third kappa shape index (κ3) is 2.34. The Morgan fingerprint density at radius 1 is 1.00 bits per heavy atom. The van der Waals surface area contributed by atoms with E-state index in [9.17, 15) is 0 Å². The lowest BCUT2D eigenvalue weighted by molar-refractivity contribution is 0.504. The third-order valence-corrected chi connectivity index (χ3v) is 4.17. The van der Waals surface area contributed by atoms with E-state index in [0.29, 0.717) is 6.54 Å². The van der Waals surface area contributed by atoms with Gasteiger partial charge in [-0.05, 0) is 36.1 Å². The highest BCUT2D eigenvalue weighted by Gasteiger charge is 2.36. The molecule has 0 saturated carbocycles. The molecular weight excluding hydrogens is 256 g/mol. The summed E-state index contributed by atoms with van der Waals surface area (Å²) in [4.78, 5) is 0. The largest absolute Gasteiger partial charge is 0.376 e. The lowest BCUT2D eigenvalue weighted by atomic mass is 9.95.